The standard InChI is InChI=1S/C14H16O4/c1-18-14(17)10-4-2-9(3-5-10)11-6-7-12(8-11)13(15)16/h2-5,11-12H,6-8H2,1H3,(H,15,16). The summed E-state index contributed by atoms with van der Waals surface area (Å²) in [6.07, 6.45) is 2.32. The fourth-order valence-corrected chi connectivity index (χ4v) is 2.52. The Morgan fingerprint density at radius 2 is 1.89 bits per heavy atom. The minimum Gasteiger partial charge on any atom is -0.481 e. The number of ether oxygens (including phenoxy) is 1. The number of rotatable bonds is 3. The van der Waals surface area contributed by atoms with Gasteiger partial charge in [0.1, 0.15) is 0 Å². The summed E-state index contributed by atoms with van der Waals surface area (Å²) in [5.74, 6) is -0.992. The molecule has 0 aliphatic heterocycles. The average Bonchev–Trinajstić information content (AvgIpc) is 2.88. The first-order chi connectivity index (χ1) is 8.61. The van der Waals surface area contributed by atoms with E-state index >= 15 is 0 Å². The lowest BCUT2D eigenvalue weighted by Crippen LogP contribution is -2.09. The lowest BCUT2D eigenvalue weighted by atomic mass is 9.95. The molecule has 2 atom stereocenters. The molecule has 0 radical (unpaired) electrons. The van der Waals surface area contributed by atoms with Crippen molar-refractivity contribution in [2.75, 3.05) is 7.11 Å². The Kier molecular flexibility index (Phi) is 3.65. The van der Waals surface area contributed by atoms with Crippen LogP contribution in [0.4, 0.5) is 0 Å². The maximum absolute atomic E-state index is 11.3. The van der Waals surface area contributed by atoms with Crippen LogP contribution >= 0.6 is 0 Å². The Morgan fingerprint density at radius 3 is 2.39 bits per heavy atom. The fraction of sp³-hybridized carbons (Fsp3) is 0.429. The number of carboxylic acid groups (broad SMARTS) is 1. The number of carboxylic acids is 1. The molecule has 96 valence electrons. The van der Waals surface area contributed by atoms with E-state index in [0.29, 0.717) is 12.0 Å². The Labute approximate surface area is 106 Å². The van der Waals surface area contributed by atoms with Gasteiger partial charge in [0.05, 0.1) is 18.6 Å². The molecule has 1 aliphatic rings. The van der Waals surface area contributed by atoms with Crippen molar-refractivity contribution < 1.29 is 19.4 Å². The van der Waals surface area contributed by atoms with Gasteiger partial charge >= 0.3 is 11.9 Å². The van der Waals surface area contributed by atoms with Crippen LogP contribution in [0.1, 0.15) is 41.1 Å². The predicted molar refractivity (Wildman–Crippen MR) is 65.5 cm³/mol. The summed E-state index contributed by atoms with van der Waals surface area (Å²) in [5.41, 5.74) is 1.63. The summed E-state index contributed by atoms with van der Waals surface area (Å²) in [7, 11) is 1.35. The van der Waals surface area contributed by atoms with Gasteiger partial charge in [-0.25, -0.2) is 4.79 Å². The molecule has 2 unspecified atom stereocenters. The smallest absolute Gasteiger partial charge is 0.337 e. The number of hydrogen-bond acceptors (Lipinski definition) is 3. The summed E-state index contributed by atoms with van der Waals surface area (Å²) in [5, 5.41) is 8.97. The highest BCUT2D eigenvalue weighted by Crippen LogP contribution is 2.38. The van der Waals surface area contributed by atoms with Crippen LogP contribution in [0.5, 0.6) is 0 Å². The van der Waals surface area contributed by atoms with E-state index in [1.165, 1.54) is 7.11 Å². The van der Waals surface area contributed by atoms with Crippen LogP contribution in [0.15, 0.2) is 24.3 Å². The molecule has 4 nitrogen and oxygen atoms in total. The monoisotopic (exact) mass is 248 g/mol. The van der Waals surface area contributed by atoms with E-state index in [0.717, 1.165) is 18.4 Å². The molecule has 0 spiro atoms. The van der Waals surface area contributed by atoms with Crippen molar-refractivity contribution >= 4 is 11.9 Å². The number of carbonyl (C=O) groups excluding carboxylic acids is 1. The van der Waals surface area contributed by atoms with E-state index in [2.05, 4.69) is 4.74 Å². The van der Waals surface area contributed by atoms with Gasteiger partial charge in [0.15, 0.2) is 0 Å². The highest BCUT2D eigenvalue weighted by Gasteiger charge is 2.30. The number of methoxy groups -OCH3 is 1. The zero-order chi connectivity index (χ0) is 13.1. The molecule has 0 aromatic heterocycles. The molecule has 0 saturated heterocycles. The highest BCUT2D eigenvalue weighted by atomic mass is 16.5. The van der Waals surface area contributed by atoms with Crippen molar-refractivity contribution in [2.45, 2.75) is 25.2 Å². The predicted octanol–water partition coefficient (Wildman–Crippen LogP) is 2.44. The summed E-state index contributed by atoms with van der Waals surface area (Å²) in [6.45, 7) is 0. The van der Waals surface area contributed by atoms with Gasteiger partial charge in [-0.2, -0.15) is 0 Å². The third-order valence-corrected chi connectivity index (χ3v) is 3.59. The van der Waals surface area contributed by atoms with Gasteiger partial charge in [-0.15, -0.1) is 0 Å². The normalized spacial score (nSPS) is 22.7. The van der Waals surface area contributed by atoms with Crippen molar-refractivity contribution in [1.29, 1.82) is 0 Å². The second-order valence-electron chi connectivity index (χ2n) is 4.66. The number of esters is 1. The third kappa shape index (κ3) is 2.53. The summed E-state index contributed by atoms with van der Waals surface area (Å²) >= 11 is 0. The Hall–Kier alpha value is -1.84. The number of benzene rings is 1. The fourth-order valence-electron chi connectivity index (χ4n) is 2.52. The lowest BCUT2D eigenvalue weighted by Gasteiger charge is -2.10. The summed E-state index contributed by atoms with van der Waals surface area (Å²) in [4.78, 5) is 22.2. The van der Waals surface area contributed by atoms with Gasteiger partial charge in [-0.1, -0.05) is 12.1 Å². The molecule has 1 saturated carbocycles. The van der Waals surface area contributed by atoms with E-state index < -0.39 is 5.97 Å². The van der Waals surface area contributed by atoms with Gasteiger partial charge in [0, 0.05) is 0 Å². The molecule has 1 aromatic carbocycles. The van der Waals surface area contributed by atoms with Crippen molar-refractivity contribution in [3.05, 3.63) is 35.4 Å². The third-order valence-electron chi connectivity index (χ3n) is 3.59. The molecule has 0 heterocycles. The van der Waals surface area contributed by atoms with E-state index in [-0.39, 0.29) is 17.8 Å². The van der Waals surface area contributed by atoms with Crippen LogP contribution in [0.25, 0.3) is 0 Å². The lowest BCUT2D eigenvalue weighted by molar-refractivity contribution is -0.141. The SMILES string of the molecule is COC(=O)c1ccc(C2CCC(C(=O)O)C2)cc1. The topological polar surface area (TPSA) is 63.6 Å². The van der Waals surface area contributed by atoms with Gasteiger partial charge in [-0.05, 0) is 42.9 Å². The van der Waals surface area contributed by atoms with Gasteiger partial charge in [0.2, 0.25) is 0 Å². The average molecular weight is 248 g/mol. The second-order valence-corrected chi connectivity index (χ2v) is 4.66. The first-order valence-corrected chi connectivity index (χ1v) is 6.03. The zero-order valence-corrected chi connectivity index (χ0v) is 10.3. The quantitative estimate of drug-likeness (QED) is 0.834. The minimum atomic E-state index is -0.705. The van der Waals surface area contributed by atoms with E-state index in [1.54, 1.807) is 12.1 Å². The van der Waals surface area contributed by atoms with E-state index in [4.69, 9.17) is 5.11 Å². The van der Waals surface area contributed by atoms with Crippen LogP contribution < -0.4 is 0 Å². The summed E-state index contributed by atoms with van der Waals surface area (Å²) in [6, 6.07) is 7.24. The Morgan fingerprint density at radius 1 is 1.22 bits per heavy atom. The van der Waals surface area contributed by atoms with Crippen LogP contribution in [0.3, 0.4) is 0 Å². The van der Waals surface area contributed by atoms with Crippen LogP contribution in [0, 0.1) is 5.92 Å². The minimum absolute atomic E-state index is 0.227. The van der Waals surface area contributed by atoms with Crippen LogP contribution in [-0.4, -0.2) is 24.2 Å². The van der Waals surface area contributed by atoms with Crippen molar-refractivity contribution in [1.82, 2.24) is 0 Å². The first kappa shape index (κ1) is 12.6. The molecule has 1 N–H and O–H groups in total. The van der Waals surface area contributed by atoms with Crippen molar-refractivity contribution in [2.24, 2.45) is 5.92 Å². The molecule has 0 amide bonds. The van der Waals surface area contributed by atoms with Crippen LogP contribution in [-0.2, 0) is 9.53 Å². The summed E-state index contributed by atoms with van der Waals surface area (Å²) < 4.78 is 4.63. The molecular weight excluding hydrogens is 232 g/mol. The molecule has 1 aliphatic carbocycles. The van der Waals surface area contributed by atoms with Crippen molar-refractivity contribution in [3.8, 4) is 0 Å². The first-order valence-electron chi connectivity index (χ1n) is 6.03. The van der Waals surface area contributed by atoms with Gasteiger partial charge in [-0.3, -0.25) is 4.79 Å². The molecule has 4 heteroatoms. The molecule has 1 fully saturated rings. The molecule has 18 heavy (non-hydrogen) atoms. The molecule has 1 aromatic rings. The van der Waals surface area contributed by atoms with Crippen LogP contribution in [0.2, 0.25) is 0 Å². The number of hydrogen-bond donors (Lipinski definition) is 1. The van der Waals surface area contributed by atoms with E-state index in [9.17, 15) is 9.59 Å². The van der Waals surface area contributed by atoms with Crippen molar-refractivity contribution in [3.63, 3.8) is 0 Å². The number of aliphatic carboxylic acids is 1. The largest absolute Gasteiger partial charge is 0.481 e. The zero-order valence-electron chi connectivity index (χ0n) is 10.3. The molecular formula is C14H16O4. The Bertz CT molecular complexity index is 449. The Balaban J connectivity index is 2.07. The maximum atomic E-state index is 11.3. The highest BCUT2D eigenvalue weighted by molar-refractivity contribution is 5.89. The molecule has 2 rings (SSSR count). The second kappa shape index (κ2) is 5.21. The number of carbonyl (C=O) groups is 2. The van der Waals surface area contributed by atoms with E-state index in [1.807, 2.05) is 12.1 Å². The molecule has 0 bridgehead atoms. The maximum Gasteiger partial charge on any atom is 0.337 e. The van der Waals surface area contributed by atoms with Gasteiger partial charge in [0.25, 0.3) is 0 Å². The van der Waals surface area contributed by atoms with Gasteiger partial charge < -0.3 is 9.84 Å².